The molecule has 8 nitrogen and oxygen atoms in total. The maximum atomic E-state index is 15.6. The van der Waals surface area contributed by atoms with Gasteiger partial charge in [0.15, 0.2) is 0 Å². The van der Waals surface area contributed by atoms with Gasteiger partial charge in [0.05, 0.1) is 16.9 Å². The van der Waals surface area contributed by atoms with Crippen molar-refractivity contribution in [3.63, 3.8) is 0 Å². The molecule has 0 spiro atoms. The number of allylic oxidation sites excluding steroid dienone is 1. The van der Waals surface area contributed by atoms with Gasteiger partial charge in [-0.2, -0.15) is 8.78 Å². The Morgan fingerprint density at radius 3 is 2.57 bits per heavy atom. The van der Waals surface area contributed by atoms with Crippen LogP contribution >= 0.6 is 0 Å². The number of anilines is 1. The van der Waals surface area contributed by atoms with Crippen LogP contribution in [-0.4, -0.2) is 45.2 Å². The number of aromatic nitrogens is 3. The molecule has 42 heavy (non-hydrogen) atoms. The molecule has 2 aromatic heterocycles. The summed E-state index contributed by atoms with van der Waals surface area (Å²) in [5.74, 6) is -2.68. The molecule has 6 bridgehead atoms. The topological polar surface area (TPSA) is 114 Å². The summed E-state index contributed by atoms with van der Waals surface area (Å²) >= 11 is 0. The van der Waals surface area contributed by atoms with Crippen LogP contribution in [-0.2, 0) is 22.3 Å². The van der Waals surface area contributed by atoms with Gasteiger partial charge >= 0.3 is 5.92 Å². The average molecular weight is 601 g/mol. The first kappa shape index (κ1) is 30.3. The smallest absolute Gasteiger partial charge is 0.301 e. The molecule has 2 atom stereocenters. The standard InChI is InChI=1S/C31H38F2N4O4S/c1-20-23-10-9-11-24(18-23)31(32,33)30(3,39)14-7-5-4-6-8-15-37-28-26(27(34-20)35-21(2)36-28)19-25(29(37)38)22-12-16-42(40,41)17-13-22/h5,7,9-11,18-20,22,39H,4,6,8,12-17H2,1-3H3,(H,34,35,36)/b7-5-/t20-,30?/m1/s1. The molecule has 0 saturated carbocycles. The maximum Gasteiger partial charge on any atom is 0.301 e. The number of hydrogen-bond donors (Lipinski definition) is 2. The van der Waals surface area contributed by atoms with Crippen molar-refractivity contribution in [3.05, 3.63) is 75.4 Å². The summed E-state index contributed by atoms with van der Waals surface area (Å²) in [7, 11) is -3.11. The summed E-state index contributed by atoms with van der Waals surface area (Å²) in [6, 6.07) is 7.35. The van der Waals surface area contributed by atoms with Crippen molar-refractivity contribution in [3.8, 4) is 0 Å². The summed E-state index contributed by atoms with van der Waals surface area (Å²) in [4.78, 5) is 23.2. The predicted molar refractivity (Wildman–Crippen MR) is 160 cm³/mol. The number of pyridine rings is 1. The number of nitrogens with one attached hydrogen (secondary N) is 1. The minimum Gasteiger partial charge on any atom is -0.383 e. The van der Waals surface area contributed by atoms with Crippen LogP contribution in [0.25, 0.3) is 11.0 Å². The fourth-order valence-corrected chi connectivity index (χ4v) is 7.37. The van der Waals surface area contributed by atoms with E-state index in [1.54, 1.807) is 41.8 Å². The average Bonchev–Trinajstić information content (AvgIpc) is 2.93. The quantitative estimate of drug-likeness (QED) is 0.353. The molecule has 2 N–H and O–H groups in total. The molecule has 226 valence electrons. The Kier molecular flexibility index (Phi) is 8.28. The number of nitrogens with zero attached hydrogens (tertiary/aromatic N) is 3. The number of fused-ring (bicyclic) bond motifs is 2. The van der Waals surface area contributed by atoms with E-state index in [2.05, 4.69) is 15.3 Å². The normalized spacial score (nSPS) is 25.8. The van der Waals surface area contributed by atoms with Gasteiger partial charge in [0.1, 0.15) is 32.7 Å². The molecule has 0 radical (unpaired) electrons. The second-order valence-corrected chi connectivity index (χ2v) is 14.2. The third kappa shape index (κ3) is 5.99. The summed E-state index contributed by atoms with van der Waals surface area (Å²) in [6.45, 7) is 5.13. The fourth-order valence-electron chi connectivity index (χ4n) is 5.88. The number of alkyl halides is 2. The van der Waals surface area contributed by atoms with Gasteiger partial charge in [-0.15, -0.1) is 0 Å². The second kappa shape index (κ2) is 11.5. The Morgan fingerprint density at radius 2 is 1.83 bits per heavy atom. The highest BCUT2D eigenvalue weighted by Gasteiger charge is 2.49. The lowest BCUT2D eigenvalue weighted by Gasteiger charge is -2.32. The van der Waals surface area contributed by atoms with Gasteiger partial charge in [-0.1, -0.05) is 30.4 Å². The summed E-state index contributed by atoms with van der Waals surface area (Å²) in [6.07, 6.45) is 5.87. The molecule has 3 aromatic rings. The number of aliphatic hydroxyl groups is 1. The van der Waals surface area contributed by atoms with Gasteiger partial charge in [-0.05, 0) is 76.5 Å². The lowest BCUT2D eigenvalue weighted by atomic mass is 9.87. The molecule has 1 unspecified atom stereocenters. The molecule has 1 saturated heterocycles. The van der Waals surface area contributed by atoms with Crippen LogP contribution in [0.2, 0.25) is 0 Å². The summed E-state index contributed by atoms with van der Waals surface area (Å²) < 4.78 is 57.0. The third-order valence-corrected chi connectivity index (χ3v) is 10.3. The van der Waals surface area contributed by atoms with E-state index >= 15 is 8.78 Å². The highest BCUT2D eigenvalue weighted by molar-refractivity contribution is 7.91. The first-order chi connectivity index (χ1) is 19.8. The van der Waals surface area contributed by atoms with Crippen molar-refractivity contribution in [1.29, 1.82) is 0 Å². The van der Waals surface area contributed by atoms with E-state index in [1.807, 2.05) is 6.92 Å². The summed E-state index contributed by atoms with van der Waals surface area (Å²) in [5.41, 5.74) is -1.10. The Morgan fingerprint density at radius 1 is 1.10 bits per heavy atom. The van der Waals surface area contributed by atoms with Gasteiger partial charge in [0.2, 0.25) is 0 Å². The van der Waals surface area contributed by atoms with Crippen LogP contribution in [0.5, 0.6) is 0 Å². The van der Waals surface area contributed by atoms with Crippen molar-refractivity contribution in [2.75, 3.05) is 16.8 Å². The van der Waals surface area contributed by atoms with E-state index in [0.29, 0.717) is 72.5 Å². The Hall–Kier alpha value is -3.18. The van der Waals surface area contributed by atoms with E-state index in [4.69, 9.17) is 0 Å². The van der Waals surface area contributed by atoms with E-state index < -0.39 is 27.4 Å². The SMILES string of the molecule is Cc1nc2c3cc(C4CCS(=O)(=O)CC4)c(=O)n(c3n1)CCCC/C=C\CC(C)(O)C(F)(F)c1cccc(c1)[C@@H](C)N2. The van der Waals surface area contributed by atoms with Crippen molar-refractivity contribution >= 4 is 26.7 Å². The molecule has 0 aliphatic carbocycles. The van der Waals surface area contributed by atoms with Gasteiger partial charge in [-0.3, -0.25) is 9.36 Å². The Bertz CT molecular complexity index is 1670. The van der Waals surface area contributed by atoms with Crippen LogP contribution in [0, 0.1) is 6.92 Å². The molecule has 1 aromatic carbocycles. The number of hydrogen-bond acceptors (Lipinski definition) is 7. The van der Waals surface area contributed by atoms with Crippen LogP contribution in [0.1, 0.15) is 86.8 Å². The van der Waals surface area contributed by atoms with Crippen molar-refractivity contribution in [2.24, 2.45) is 0 Å². The zero-order valence-electron chi connectivity index (χ0n) is 24.2. The zero-order valence-corrected chi connectivity index (χ0v) is 25.1. The Labute approximate surface area is 244 Å². The van der Waals surface area contributed by atoms with Crippen LogP contribution in [0.15, 0.2) is 47.3 Å². The fraction of sp³-hybridized carbons (Fsp3) is 0.516. The van der Waals surface area contributed by atoms with Crippen LogP contribution in [0.3, 0.4) is 0 Å². The number of aryl methyl sites for hydroxylation is 2. The third-order valence-electron chi connectivity index (χ3n) is 8.54. The molecular weight excluding hydrogens is 562 g/mol. The largest absolute Gasteiger partial charge is 0.383 e. The molecule has 0 amide bonds. The molecule has 1 fully saturated rings. The number of rotatable bonds is 1. The molecular formula is C31H38F2N4O4S. The monoisotopic (exact) mass is 600 g/mol. The molecule has 2 aliphatic rings. The maximum absolute atomic E-state index is 15.6. The minimum absolute atomic E-state index is 0.0435. The number of benzene rings is 1. The minimum atomic E-state index is -3.49. The van der Waals surface area contributed by atoms with Crippen molar-refractivity contribution in [1.82, 2.24) is 14.5 Å². The van der Waals surface area contributed by atoms with Gasteiger partial charge < -0.3 is 10.4 Å². The lowest BCUT2D eigenvalue weighted by Crippen LogP contribution is -2.42. The number of sulfone groups is 1. The van der Waals surface area contributed by atoms with Crippen molar-refractivity contribution in [2.45, 2.75) is 89.3 Å². The first-order valence-corrected chi connectivity index (χ1v) is 16.4. The van der Waals surface area contributed by atoms with Crippen LogP contribution < -0.4 is 10.9 Å². The zero-order chi connectivity index (χ0) is 30.3. The highest BCUT2D eigenvalue weighted by atomic mass is 32.2. The second-order valence-electron chi connectivity index (χ2n) is 11.9. The van der Waals surface area contributed by atoms with E-state index in [-0.39, 0.29) is 35.0 Å². The molecule has 4 heterocycles. The lowest BCUT2D eigenvalue weighted by molar-refractivity contribution is -0.176. The number of halogens is 2. The van der Waals surface area contributed by atoms with Crippen LogP contribution in [0.4, 0.5) is 14.6 Å². The predicted octanol–water partition coefficient (Wildman–Crippen LogP) is 5.54. The van der Waals surface area contributed by atoms with E-state index in [9.17, 15) is 18.3 Å². The first-order valence-electron chi connectivity index (χ1n) is 14.5. The van der Waals surface area contributed by atoms with E-state index in [1.165, 1.54) is 12.1 Å². The van der Waals surface area contributed by atoms with Gasteiger partial charge in [0.25, 0.3) is 5.56 Å². The molecule has 11 heteroatoms. The Balaban J connectivity index is 1.65. The van der Waals surface area contributed by atoms with Gasteiger partial charge in [-0.25, -0.2) is 18.4 Å². The van der Waals surface area contributed by atoms with Gasteiger partial charge in [0, 0.05) is 30.1 Å². The molecule has 5 rings (SSSR count). The van der Waals surface area contributed by atoms with Crippen molar-refractivity contribution < 1.29 is 22.3 Å². The summed E-state index contributed by atoms with van der Waals surface area (Å²) in [5, 5.41) is 14.8. The van der Waals surface area contributed by atoms with E-state index in [0.717, 1.165) is 6.92 Å². The highest BCUT2D eigenvalue weighted by Crippen LogP contribution is 2.42. The molecule has 2 aliphatic heterocycles.